The first-order valence-electron chi connectivity index (χ1n) is 5.85. The monoisotopic (exact) mass is 319 g/mol. The molecule has 0 radical (unpaired) electrons. The van der Waals surface area contributed by atoms with Crippen molar-refractivity contribution in [1.82, 2.24) is 0 Å². The van der Waals surface area contributed by atoms with Gasteiger partial charge in [0.1, 0.15) is 0 Å². The molecule has 2 rings (SSSR count). The summed E-state index contributed by atoms with van der Waals surface area (Å²) in [6, 6.07) is 14.6. The van der Waals surface area contributed by atoms with Crippen LogP contribution in [0.2, 0.25) is 0 Å². The van der Waals surface area contributed by atoms with Gasteiger partial charge in [0.05, 0.1) is 0 Å². The van der Waals surface area contributed by atoms with Gasteiger partial charge in [-0.15, -0.1) is 0 Å². The van der Waals surface area contributed by atoms with Gasteiger partial charge in [0, 0.05) is 15.7 Å². The fraction of sp³-hybridized carbons (Fsp3) is 0.133. The first-order valence-corrected chi connectivity index (χ1v) is 6.65. The third-order valence-electron chi connectivity index (χ3n) is 2.88. The number of anilines is 1. The maximum Gasteiger partial charge on any atom is 0.216 e. The van der Waals surface area contributed by atoms with Crippen LogP contribution in [0.25, 0.3) is 0 Å². The second kappa shape index (κ2) is 5.99. The van der Waals surface area contributed by atoms with Crippen molar-refractivity contribution in [2.45, 2.75) is 13.2 Å². The smallest absolute Gasteiger partial charge is 0.216 e. The van der Waals surface area contributed by atoms with Crippen molar-refractivity contribution in [3.05, 3.63) is 64.1 Å². The Labute approximate surface area is 120 Å². The minimum absolute atomic E-state index is 0.633. The third-order valence-corrected chi connectivity index (χ3v) is 3.41. The van der Waals surface area contributed by atoms with Crippen LogP contribution < -0.4 is 4.90 Å². The van der Waals surface area contributed by atoms with Crippen molar-refractivity contribution in [2.24, 2.45) is 0 Å². The molecule has 0 bridgehead atoms. The molecule has 0 heterocycles. The summed E-state index contributed by atoms with van der Waals surface area (Å²) >= 11 is 3.34. The van der Waals surface area contributed by atoms with E-state index in [9.17, 15) is 9.90 Å². The van der Waals surface area contributed by atoms with E-state index in [0.29, 0.717) is 17.7 Å². The second-order valence-electron chi connectivity index (χ2n) is 4.27. The van der Waals surface area contributed by atoms with E-state index in [-0.39, 0.29) is 0 Å². The standard InChI is InChI=1S/C15H14BrNO2/c1-11-2-4-12(5-3-11)15(19)17(10-18)14-8-6-13(16)7-9-14/h2-10,15,19H,1H3. The van der Waals surface area contributed by atoms with E-state index in [4.69, 9.17) is 0 Å². The molecule has 0 saturated carbocycles. The highest BCUT2D eigenvalue weighted by molar-refractivity contribution is 9.10. The maximum atomic E-state index is 11.2. The van der Waals surface area contributed by atoms with Crippen LogP contribution in [0.4, 0.5) is 5.69 Å². The first-order chi connectivity index (χ1) is 9.11. The quantitative estimate of drug-likeness (QED) is 0.693. The van der Waals surface area contributed by atoms with Crippen LogP contribution >= 0.6 is 15.9 Å². The van der Waals surface area contributed by atoms with Crippen molar-refractivity contribution < 1.29 is 9.90 Å². The molecule has 98 valence electrons. The van der Waals surface area contributed by atoms with Crippen molar-refractivity contribution in [3.8, 4) is 0 Å². The Morgan fingerprint density at radius 1 is 1.11 bits per heavy atom. The predicted molar refractivity (Wildman–Crippen MR) is 78.8 cm³/mol. The fourth-order valence-electron chi connectivity index (χ4n) is 1.77. The third kappa shape index (κ3) is 3.22. The number of rotatable bonds is 4. The molecular formula is C15H14BrNO2. The molecule has 0 fully saturated rings. The van der Waals surface area contributed by atoms with Gasteiger partial charge in [-0.05, 0) is 31.2 Å². The zero-order chi connectivity index (χ0) is 13.8. The highest BCUT2D eigenvalue weighted by atomic mass is 79.9. The van der Waals surface area contributed by atoms with E-state index in [2.05, 4.69) is 15.9 Å². The molecule has 19 heavy (non-hydrogen) atoms. The fourth-order valence-corrected chi connectivity index (χ4v) is 2.04. The number of benzene rings is 2. The summed E-state index contributed by atoms with van der Waals surface area (Å²) < 4.78 is 0.923. The number of hydrogen-bond donors (Lipinski definition) is 1. The van der Waals surface area contributed by atoms with E-state index in [1.807, 2.05) is 43.3 Å². The van der Waals surface area contributed by atoms with Crippen LogP contribution in [0.3, 0.4) is 0 Å². The van der Waals surface area contributed by atoms with Crippen LogP contribution in [-0.4, -0.2) is 11.5 Å². The summed E-state index contributed by atoms with van der Waals surface area (Å²) in [7, 11) is 0. The Morgan fingerprint density at radius 3 is 2.21 bits per heavy atom. The normalized spacial score (nSPS) is 11.9. The summed E-state index contributed by atoms with van der Waals surface area (Å²) in [4.78, 5) is 12.5. The molecule has 1 amide bonds. The SMILES string of the molecule is Cc1ccc(C(O)N(C=O)c2ccc(Br)cc2)cc1. The zero-order valence-corrected chi connectivity index (χ0v) is 12.0. The number of aryl methyl sites for hydroxylation is 1. The number of amides is 1. The summed E-state index contributed by atoms with van der Waals surface area (Å²) in [6.45, 7) is 1.97. The van der Waals surface area contributed by atoms with Crippen molar-refractivity contribution in [2.75, 3.05) is 4.90 Å². The molecule has 2 aromatic carbocycles. The summed E-state index contributed by atoms with van der Waals surface area (Å²) in [5.41, 5.74) is 2.43. The largest absolute Gasteiger partial charge is 0.369 e. The molecule has 2 aromatic rings. The van der Waals surface area contributed by atoms with Gasteiger partial charge in [0.15, 0.2) is 6.23 Å². The Morgan fingerprint density at radius 2 is 1.68 bits per heavy atom. The topological polar surface area (TPSA) is 40.5 Å². The molecular weight excluding hydrogens is 306 g/mol. The highest BCUT2D eigenvalue weighted by Crippen LogP contribution is 2.25. The molecule has 0 aliphatic rings. The van der Waals surface area contributed by atoms with Crippen molar-refractivity contribution >= 4 is 28.0 Å². The number of nitrogens with zero attached hydrogens (tertiary/aromatic N) is 1. The summed E-state index contributed by atoms with van der Waals surface area (Å²) in [5, 5.41) is 10.3. The molecule has 0 aliphatic carbocycles. The zero-order valence-electron chi connectivity index (χ0n) is 10.5. The number of aliphatic hydroxyl groups is 1. The molecule has 0 saturated heterocycles. The predicted octanol–water partition coefficient (Wildman–Crippen LogP) is 3.41. The van der Waals surface area contributed by atoms with Gasteiger partial charge in [0.2, 0.25) is 6.41 Å². The van der Waals surface area contributed by atoms with E-state index in [1.165, 1.54) is 4.90 Å². The Balaban J connectivity index is 2.28. The van der Waals surface area contributed by atoms with Crippen LogP contribution in [0.15, 0.2) is 53.0 Å². The Bertz CT molecular complexity index is 551. The lowest BCUT2D eigenvalue weighted by molar-refractivity contribution is -0.109. The van der Waals surface area contributed by atoms with Crippen molar-refractivity contribution in [1.29, 1.82) is 0 Å². The maximum absolute atomic E-state index is 11.2. The van der Waals surface area contributed by atoms with Crippen LogP contribution in [0, 0.1) is 6.92 Å². The van der Waals surface area contributed by atoms with Gasteiger partial charge in [-0.3, -0.25) is 9.69 Å². The Hall–Kier alpha value is -1.65. The number of halogens is 1. The summed E-state index contributed by atoms with van der Waals surface area (Å²) in [5.74, 6) is 0. The second-order valence-corrected chi connectivity index (χ2v) is 5.19. The molecule has 1 N–H and O–H groups in total. The average Bonchev–Trinajstić information content (AvgIpc) is 2.42. The minimum atomic E-state index is -0.987. The molecule has 0 spiro atoms. The number of carbonyl (C=O) groups excluding carboxylic acids is 1. The van der Waals surface area contributed by atoms with E-state index in [0.717, 1.165) is 10.0 Å². The number of hydrogen-bond acceptors (Lipinski definition) is 2. The van der Waals surface area contributed by atoms with Crippen LogP contribution in [0.1, 0.15) is 17.4 Å². The van der Waals surface area contributed by atoms with E-state index >= 15 is 0 Å². The lowest BCUT2D eigenvalue weighted by atomic mass is 10.1. The van der Waals surface area contributed by atoms with Gasteiger partial charge in [0.25, 0.3) is 0 Å². The van der Waals surface area contributed by atoms with Gasteiger partial charge in [-0.1, -0.05) is 45.8 Å². The summed E-state index contributed by atoms with van der Waals surface area (Å²) in [6.07, 6.45) is -0.354. The van der Waals surface area contributed by atoms with E-state index < -0.39 is 6.23 Å². The number of carbonyl (C=O) groups is 1. The lowest BCUT2D eigenvalue weighted by Crippen LogP contribution is -2.26. The van der Waals surface area contributed by atoms with Crippen LogP contribution in [-0.2, 0) is 4.79 Å². The van der Waals surface area contributed by atoms with Crippen molar-refractivity contribution in [3.63, 3.8) is 0 Å². The average molecular weight is 320 g/mol. The van der Waals surface area contributed by atoms with Crippen LogP contribution in [0.5, 0.6) is 0 Å². The minimum Gasteiger partial charge on any atom is -0.369 e. The van der Waals surface area contributed by atoms with E-state index in [1.54, 1.807) is 12.1 Å². The van der Waals surface area contributed by atoms with Gasteiger partial charge in [-0.25, -0.2) is 0 Å². The van der Waals surface area contributed by atoms with Gasteiger partial charge >= 0.3 is 0 Å². The molecule has 1 atom stereocenters. The molecule has 4 heteroatoms. The van der Waals surface area contributed by atoms with Gasteiger partial charge < -0.3 is 5.11 Å². The molecule has 0 aliphatic heterocycles. The molecule has 1 unspecified atom stereocenters. The molecule has 3 nitrogen and oxygen atoms in total. The Kier molecular flexibility index (Phi) is 4.35. The van der Waals surface area contributed by atoms with Gasteiger partial charge in [-0.2, -0.15) is 0 Å². The highest BCUT2D eigenvalue weighted by Gasteiger charge is 2.17. The molecule has 0 aromatic heterocycles. The number of aliphatic hydroxyl groups excluding tert-OH is 1. The first kappa shape index (κ1) is 13.8. The lowest BCUT2D eigenvalue weighted by Gasteiger charge is -2.24.